The summed E-state index contributed by atoms with van der Waals surface area (Å²) in [6, 6.07) is 2.71. The van der Waals surface area contributed by atoms with Crippen molar-refractivity contribution in [2.24, 2.45) is 5.73 Å². The summed E-state index contributed by atoms with van der Waals surface area (Å²) in [6.45, 7) is 4.11. The van der Waals surface area contributed by atoms with Gasteiger partial charge in [0.25, 0.3) is 0 Å². The Kier molecular flexibility index (Phi) is 4.44. The minimum atomic E-state index is -0.356. The molecule has 1 aromatic rings. The molecule has 2 atom stereocenters. The molecule has 0 spiro atoms. The second kappa shape index (κ2) is 6.08. The third-order valence-corrected chi connectivity index (χ3v) is 3.49. The lowest BCUT2D eigenvalue weighted by atomic mass is 10.0. The van der Waals surface area contributed by atoms with E-state index in [4.69, 9.17) is 5.73 Å². The molecule has 1 saturated heterocycles. The van der Waals surface area contributed by atoms with Gasteiger partial charge in [0, 0.05) is 19.6 Å². The summed E-state index contributed by atoms with van der Waals surface area (Å²) < 4.78 is 12.9. The van der Waals surface area contributed by atoms with E-state index in [1.54, 1.807) is 6.07 Å². The maximum atomic E-state index is 12.9. The molecule has 2 unspecified atom stereocenters. The molecule has 3 N–H and O–H groups in total. The number of hydrogen-bond donors (Lipinski definition) is 2. The Morgan fingerprint density at radius 2 is 2.47 bits per heavy atom. The summed E-state index contributed by atoms with van der Waals surface area (Å²) in [6.07, 6.45) is 2.00. The minimum absolute atomic E-state index is 0.0137. The number of aromatic nitrogens is 1. The fourth-order valence-corrected chi connectivity index (χ4v) is 2.56. The predicted octanol–water partition coefficient (Wildman–Crippen LogP) is 0.431. The van der Waals surface area contributed by atoms with Gasteiger partial charge in [0.1, 0.15) is 11.9 Å². The van der Waals surface area contributed by atoms with Crippen molar-refractivity contribution in [3.63, 3.8) is 0 Å². The van der Waals surface area contributed by atoms with Crippen molar-refractivity contribution >= 4 is 5.91 Å². The van der Waals surface area contributed by atoms with Gasteiger partial charge in [-0.05, 0) is 18.6 Å². The van der Waals surface area contributed by atoms with Gasteiger partial charge in [0.05, 0.1) is 17.9 Å². The molecule has 2 rings (SSSR count). The van der Waals surface area contributed by atoms with E-state index in [-0.39, 0.29) is 23.8 Å². The molecule has 5 nitrogen and oxygen atoms in total. The molecular formula is C13H19FN4O. The Labute approximate surface area is 112 Å². The number of nitrogens with one attached hydrogen (secondary N) is 1. The van der Waals surface area contributed by atoms with Crippen molar-refractivity contribution in [2.45, 2.75) is 25.4 Å². The first-order chi connectivity index (χ1) is 9.13. The summed E-state index contributed by atoms with van der Waals surface area (Å²) in [5.41, 5.74) is 6.23. The first-order valence-corrected chi connectivity index (χ1v) is 6.50. The third-order valence-electron chi connectivity index (χ3n) is 3.49. The highest BCUT2D eigenvalue weighted by molar-refractivity contribution is 5.80. The van der Waals surface area contributed by atoms with Crippen LogP contribution in [0.15, 0.2) is 18.3 Å². The second-order valence-corrected chi connectivity index (χ2v) is 4.69. The number of piperazine rings is 1. The number of carbonyl (C=O) groups is 1. The zero-order valence-electron chi connectivity index (χ0n) is 11.0. The summed E-state index contributed by atoms with van der Waals surface area (Å²) >= 11 is 0. The fourth-order valence-electron chi connectivity index (χ4n) is 2.56. The van der Waals surface area contributed by atoms with Gasteiger partial charge >= 0.3 is 0 Å². The molecule has 0 saturated carbocycles. The number of nitrogens with zero attached hydrogens (tertiary/aromatic N) is 2. The molecule has 1 aromatic heterocycles. The topological polar surface area (TPSA) is 71.2 Å². The smallest absolute Gasteiger partial charge is 0.236 e. The largest absolute Gasteiger partial charge is 0.368 e. The van der Waals surface area contributed by atoms with E-state index in [2.05, 4.69) is 15.2 Å². The van der Waals surface area contributed by atoms with E-state index in [9.17, 15) is 9.18 Å². The number of pyridine rings is 1. The van der Waals surface area contributed by atoms with E-state index >= 15 is 0 Å². The van der Waals surface area contributed by atoms with E-state index < -0.39 is 0 Å². The number of amides is 1. The SMILES string of the molecule is CCC(c1ccc(F)cn1)N1CCNCC1C(N)=O. The van der Waals surface area contributed by atoms with Crippen LogP contribution in [0, 0.1) is 5.82 Å². The first-order valence-electron chi connectivity index (χ1n) is 6.50. The number of primary amides is 1. The van der Waals surface area contributed by atoms with Gasteiger partial charge < -0.3 is 11.1 Å². The van der Waals surface area contributed by atoms with Gasteiger partial charge in [0.2, 0.25) is 5.91 Å². The van der Waals surface area contributed by atoms with Gasteiger partial charge in [-0.3, -0.25) is 14.7 Å². The number of carbonyl (C=O) groups excluding carboxylic acids is 1. The highest BCUT2D eigenvalue weighted by Crippen LogP contribution is 2.25. The molecule has 19 heavy (non-hydrogen) atoms. The van der Waals surface area contributed by atoms with Gasteiger partial charge in [-0.1, -0.05) is 6.92 Å². The van der Waals surface area contributed by atoms with E-state index in [0.717, 1.165) is 25.2 Å². The zero-order chi connectivity index (χ0) is 13.8. The van der Waals surface area contributed by atoms with Crippen LogP contribution in [0.2, 0.25) is 0 Å². The summed E-state index contributed by atoms with van der Waals surface area (Å²) in [5.74, 6) is -0.696. The zero-order valence-corrected chi connectivity index (χ0v) is 11.0. The molecular weight excluding hydrogens is 247 g/mol. The summed E-state index contributed by atoms with van der Waals surface area (Å²) in [4.78, 5) is 17.7. The second-order valence-electron chi connectivity index (χ2n) is 4.69. The van der Waals surface area contributed by atoms with Crippen LogP contribution in [0.5, 0.6) is 0 Å². The molecule has 0 aliphatic carbocycles. The van der Waals surface area contributed by atoms with Crippen LogP contribution in [0.25, 0.3) is 0 Å². The predicted molar refractivity (Wildman–Crippen MR) is 69.8 cm³/mol. The average Bonchev–Trinajstić information content (AvgIpc) is 2.42. The Balaban J connectivity index is 2.24. The monoisotopic (exact) mass is 266 g/mol. The Bertz CT molecular complexity index is 437. The molecule has 1 aliphatic rings. The van der Waals surface area contributed by atoms with Crippen LogP contribution in [0.4, 0.5) is 4.39 Å². The summed E-state index contributed by atoms with van der Waals surface area (Å²) in [5, 5.41) is 3.16. The highest BCUT2D eigenvalue weighted by Gasteiger charge is 2.32. The number of hydrogen-bond acceptors (Lipinski definition) is 4. The molecule has 0 radical (unpaired) electrons. The lowest BCUT2D eigenvalue weighted by Gasteiger charge is -2.39. The molecule has 0 aromatic carbocycles. The van der Waals surface area contributed by atoms with E-state index in [0.29, 0.717) is 6.54 Å². The Morgan fingerprint density at radius 1 is 1.68 bits per heavy atom. The van der Waals surface area contributed by atoms with E-state index in [1.807, 2.05) is 6.92 Å². The molecule has 2 heterocycles. The van der Waals surface area contributed by atoms with Crippen molar-refractivity contribution < 1.29 is 9.18 Å². The van der Waals surface area contributed by atoms with Gasteiger partial charge in [0.15, 0.2) is 0 Å². The van der Waals surface area contributed by atoms with Crippen molar-refractivity contribution in [1.82, 2.24) is 15.2 Å². The van der Waals surface area contributed by atoms with Crippen LogP contribution >= 0.6 is 0 Å². The van der Waals surface area contributed by atoms with Crippen LogP contribution in [-0.4, -0.2) is 41.5 Å². The molecule has 0 bridgehead atoms. The lowest BCUT2D eigenvalue weighted by Crippen LogP contribution is -2.57. The molecule has 1 fully saturated rings. The van der Waals surface area contributed by atoms with Gasteiger partial charge in [-0.2, -0.15) is 0 Å². The number of nitrogens with two attached hydrogens (primary N) is 1. The van der Waals surface area contributed by atoms with Crippen molar-refractivity contribution in [3.05, 3.63) is 29.8 Å². The normalized spacial score (nSPS) is 22.1. The van der Waals surface area contributed by atoms with Crippen LogP contribution in [0.3, 0.4) is 0 Å². The quantitative estimate of drug-likeness (QED) is 0.829. The maximum absolute atomic E-state index is 12.9. The molecule has 6 heteroatoms. The van der Waals surface area contributed by atoms with Crippen molar-refractivity contribution in [2.75, 3.05) is 19.6 Å². The number of halogens is 1. The fraction of sp³-hybridized carbons (Fsp3) is 0.538. The number of rotatable bonds is 4. The Hall–Kier alpha value is -1.53. The standard InChI is InChI=1S/C13H19FN4O/c1-2-11(10-4-3-9(14)7-17-10)18-6-5-16-8-12(18)13(15)19/h3-4,7,11-12,16H,2,5-6,8H2,1H3,(H2,15,19). The molecule has 1 aliphatic heterocycles. The summed E-state index contributed by atoms with van der Waals surface area (Å²) in [7, 11) is 0. The molecule has 1 amide bonds. The Morgan fingerprint density at radius 3 is 3.05 bits per heavy atom. The molecule has 104 valence electrons. The maximum Gasteiger partial charge on any atom is 0.236 e. The minimum Gasteiger partial charge on any atom is -0.368 e. The van der Waals surface area contributed by atoms with Gasteiger partial charge in [-0.25, -0.2) is 4.39 Å². The lowest BCUT2D eigenvalue weighted by molar-refractivity contribution is -0.125. The van der Waals surface area contributed by atoms with Crippen LogP contribution < -0.4 is 11.1 Å². The third kappa shape index (κ3) is 3.08. The van der Waals surface area contributed by atoms with Crippen molar-refractivity contribution in [1.29, 1.82) is 0 Å². The van der Waals surface area contributed by atoms with Gasteiger partial charge in [-0.15, -0.1) is 0 Å². The first kappa shape index (κ1) is 13.9. The van der Waals surface area contributed by atoms with E-state index in [1.165, 1.54) is 12.3 Å². The highest BCUT2D eigenvalue weighted by atomic mass is 19.1. The van der Waals surface area contributed by atoms with Crippen molar-refractivity contribution in [3.8, 4) is 0 Å². The average molecular weight is 266 g/mol. The van der Waals surface area contributed by atoms with Crippen LogP contribution in [0.1, 0.15) is 25.1 Å². The van der Waals surface area contributed by atoms with Crippen LogP contribution in [-0.2, 0) is 4.79 Å².